The van der Waals surface area contributed by atoms with Crippen molar-refractivity contribution in [1.29, 1.82) is 0 Å². The summed E-state index contributed by atoms with van der Waals surface area (Å²) in [6.45, 7) is 9.35. The molecule has 1 amide bonds. The van der Waals surface area contributed by atoms with Gasteiger partial charge in [-0.2, -0.15) is 0 Å². The molecule has 2 atom stereocenters. The second-order valence-electron chi connectivity index (χ2n) is 8.88. The van der Waals surface area contributed by atoms with Crippen LogP contribution in [0.5, 0.6) is 0 Å². The van der Waals surface area contributed by atoms with Gasteiger partial charge in [0.2, 0.25) is 5.91 Å². The van der Waals surface area contributed by atoms with E-state index in [0.717, 1.165) is 31.4 Å². The number of aryl methyl sites for hydroxylation is 2. The van der Waals surface area contributed by atoms with Crippen molar-refractivity contribution in [3.8, 4) is 10.4 Å². The van der Waals surface area contributed by atoms with Crippen molar-refractivity contribution in [2.24, 2.45) is 5.92 Å². The molecule has 2 aromatic heterocycles. The number of hydrogen-bond donors (Lipinski definition) is 1. The topological polar surface area (TPSA) is 88.3 Å². The molecule has 1 N–H and O–H groups in total. The summed E-state index contributed by atoms with van der Waals surface area (Å²) in [5.74, 6) is 0.322. The van der Waals surface area contributed by atoms with Crippen molar-refractivity contribution in [1.82, 2.24) is 20.2 Å². The molecule has 2 unspecified atom stereocenters. The van der Waals surface area contributed by atoms with Gasteiger partial charge in [-0.1, -0.05) is 38.1 Å². The van der Waals surface area contributed by atoms with Crippen LogP contribution in [0.1, 0.15) is 55.4 Å². The van der Waals surface area contributed by atoms with E-state index in [1.807, 2.05) is 33.3 Å². The Kier molecular flexibility index (Phi) is 9.12. The van der Waals surface area contributed by atoms with E-state index in [2.05, 4.69) is 39.6 Å². The molecule has 1 aliphatic heterocycles. The number of rotatable bonds is 7. The van der Waals surface area contributed by atoms with E-state index in [4.69, 9.17) is 4.42 Å². The zero-order valence-corrected chi connectivity index (χ0v) is 21.4. The number of amides is 1. The fraction of sp³-hybridized carbons (Fsp3) is 0.462. The molecular weight excluding hydrogens is 448 g/mol. The molecule has 0 bridgehead atoms. The van der Waals surface area contributed by atoms with E-state index in [0.29, 0.717) is 18.1 Å². The number of thiazole rings is 1. The van der Waals surface area contributed by atoms with Crippen LogP contribution >= 0.6 is 11.3 Å². The third-order valence-electron chi connectivity index (χ3n) is 5.97. The zero-order valence-electron chi connectivity index (χ0n) is 20.6. The van der Waals surface area contributed by atoms with Gasteiger partial charge < -0.3 is 19.4 Å². The van der Waals surface area contributed by atoms with Crippen LogP contribution in [0.4, 0.5) is 0 Å². The molecule has 1 aliphatic rings. The highest BCUT2D eigenvalue weighted by molar-refractivity contribution is 7.13. The highest BCUT2D eigenvalue weighted by Gasteiger charge is 2.36. The first-order valence-electron chi connectivity index (χ1n) is 11.7. The van der Waals surface area contributed by atoms with Gasteiger partial charge in [0.25, 0.3) is 0 Å². The second kappa shape index (κ2) is 12.0. The Labute approximate surface area is 205 Å². The molecule has 1 aromatic carbocycles. The van der Waals surface area contributed by atoms with Crippen LogP contribution in [0.15, 0.2) is 40.5 Å². The van der Waals surface area contributed by atoms with Crippen LogP contribution in [-0.2, 0) is 16.1 Å². The molecule has 1 saturated heterocycles. The first kappa shape index (κ1) is 25.8. The number of aromatic nitrogens is 2. The minimum absolute atomic E-state index is 0.0158. The third-order valence-corrected chi connectivity index (χ3v) is 6.95. The number of likely N-dealkylation sites (tertiary alicyclic amines) is 1. The summed E-state index contributed by atoms with van der Waals surface area (Å²) >= 11 is 1.70. The minimum atomic E-state index is -0.335. The quantitative estimate of drug-likeness (QED) is 0.489. The van der Waals surface area contributed by atoms with Crippen LogP contribution in [0, 0.1) is 19.8 Å². The number of nitrogens with one attached hydrogen (secondary N) is 1. The lowest BCUT2D eigenvalue weighted by molar-refractivity contribution is -0.137. The van der Waals surface area contributed by atoms with Gasteiger partial charge in [-0.25, -0.2) is 9.97 Å². The van der Waals surface area contributed by atoms with Gasteiger partial charge in [0.05, 0.1) is 33.7 Å². The fourth-order valence-corrected chi connectivity index (χ4v) is 5.03. The van der Waals surface area contributed by atoms with E-state index in [1.165, 1.54) is 16.0 Å². The largest absolute Gasteiger partial charge is 0.449 e. The lowest BCUT2D eigenvalue weighted by Gasteiger charge is -2.27. The van der Waals surface area contributed by atoms with Crippen LogP contribution in [-0.4, -0.2) is 46.7 Å². The Morgan fingerprint density at radius 2 is 2.03 bits per heavy atom. The van der Waals surface area contributed by atoms with Crippen LogP contribution in [0.3, 0.4) is 0 Å². The second-order valence-corrected chi connectivity index (χ2v) is 9.74. The first-order valence-corrected chi connectivity index (χ1v) is 12.6. The van der Waals surface area contributed by atoms with Crippen molar-refractivity contribution < 1.29 is 14.0 Å². The maximum Gasteiger partial charge on any atom is 0.232 e. The van der Waals surface area contributed by atoms with Gasteiger partial charge in [-0.05, 0) is 43.9 Å². The smallest absolute Gasteiger partial charge is 0.232 e. The normalized spacial score (nSPS) is 16.3. The standard InChI is InChI=1S/C14H20N2O3.C12H14N2S/c1-9(2)13(12-8-19-10(3)15-12)14(18)16-6-4-5-11(16)7-17;1-9-12(15-8-14-9)11-5-3-10(4-6-11)7-13-2/h7-9,11,13H,4-6H2,1-3H3;3-6,8,13H,7H2,1-2H3. The molecule has 3 heterocycles. The summed E-state index contributed by atoms with van der Waals surface area (Å²) in [5, 5.41) is 3.14. The summed E-state index contributed by atoms with van der Waals surface area (Å²) in [6.07, 6.45) is 4.07. The van der Waals surface area contributed by atoms with Crippen molar-refractivity contribution >= 4 is 23.5 Å². The van der Waals surface area contributed by atoms with Gasteiger partial charge in [0.1, 0.15) is 12.5 Å². The van der Waals surface area contributed by atoms with Gasteiger partial charge in [-0.15, -0.1) is 11.3 Å². The number of nitrogens with zero attached hydrogens (tertiary/aromatic N) is 3. The van der Waals surface area contributed by atoms with Crippen LogP contribution in [0.2, 0.25) is 0 Å². The van der Waals surface area contributed by atoms with Crippen molar-refractivity contribution in [3.63, 3.8) is 0 Å². The van der Waals surface area contributed by atoms with Crippen molar-refractivity contribution in [2.75, 3.05) is 13.6 Å². The van der Waals surface area contributed by atoms with E-state index in [9.17, 15) is 9.59 Å². The number of carbonyl (C=O) groups excluding carboxylic acids is 2. The molecule has 3 aromatic rings. The number of hydrogen-bond acceptors (Lipinski definition) is 7. The molecule has 8 heteroatoms. The maximum atomic E-state index is 12.7. The fourth-order valence-electron chi connectivity index (χ4n) is 4.22. The molecule has 7 nitrogen and oxygen atoms in total. The summed E-state index contributed by atoms with van der Waals surface area (Å²) in [7, 11) is 1.96. The SMILES string of the molecule is CNCc1ccc(-c2scnc2C)cc1.Cc1nc(C(C(=O)N2CCCC2C=O)C(C)C)co1. The van der Waals surface area contributed by atoms with Gasteiger partial charge >= 0.3 is 0 Å². The Balaban J connectivity index is 0.000000196. The average molecular weight is 483 g/mol. The Morgan fingerprint density at radius 1 is 1.29 bits per heavy atom. The molecule has 182 valence electrons. The number of carbonyl (C=O) groups is 2. The van der Waals surface area contributed by atoms with Gasteiger partial charge in [0.15, 0.2) is 5.89 Å². The molecular formula is C26H34N4O3S. The molecule has 0 spiro atoms. The summed E-state index contributed by atoms with van der Waals surface area (Å²) in [4.78, 5) is 35.2. The number of aldehydes is 1. The van der Waals surface area contributed by atoms with E-state index in [1.54, 1.807) is 29.4 Å². The summed E-state index contributed by atoms with van der Waals surface area (Å²) in [6, 6.07) is 8.36. The number of benzene rings is 1. The monoisotopic (exact) mass is 482 g/mol. The maximum absolute atomic E-state index is 12.7. The number of oxazole rings is 1. The average Bonchev–Trinajstić information content (AvgIpc) is 3.56. The summed E-state index contributed by atoms with van der Waals surface area (Å²) in [5.41, 5.74) is 6.24. The predicted octanol–water partition coefficient (Wildman–Crippen LogP) is 4.75. The van der Waals surface area contributed by atoms with E-state index < -0.39 is 0 Å². The molecule has 4 rings (SSSR count). The first-order chi connectivity index (χ1) is 16.3. The highest BCUT2D eigenvalue weighted by atomic mass is 32.1. The van der Waals surface area contributed by atoms with Crippen molar-refractivity contribution in [3.05, 3.63) is 58.9 Å². The minimum Gasteiger partial charge on any atom is -0.449 e. The Bertz CT molecular complexity index is 1070. The van der Waals surface area contributed by atoms with Gasteiger partial charge in [-0.3, -0.25) is 4.79 Å². The molecule has 34 heavy (non-hydrogen) atoms. The van der Waals surface area contributed by atoms with Gasteiger partial charge in [0, 0.05) is 20.0 Å². The van der Waals surface area contributed by atoms with Crippen LogP contribution < -0.4 is 5.32 Å². The Hall–Kier alpha value is -2.84. The predicted molar refractivity (Wildman–Crippen MR) is 135 cm³/mol. The van der Waals surface area contributed by atoms with E-state index >= 15 is 0 Å². The highest BCUT2D eigenvalue weighted by Crippen LogP contribution is 2.29. The third kappa shape index (κ3) is 6.18. The Morgan fingerprint density at radius 3 is 2.56 bits per heavy atom. The lowest BCUT2D eigenvalue weighted by Crippen LogP contribution is -2.41. The van der Waals surface area contributed by atoms with Crippen LogP contribution in [0.25, 0.3) is 10.4 Å². The molecule has 0 aliphatic carbocycles. The summed E-state index contributed by atoms with van der Waals surface area (Å²) < 4.78 is 5.21. The molecule has 0 saturated carbocycles. The molecule has 1 fully saturated rings. The zero-order chi connectivity index (χ0) is 24.7. The molecule has 0 radical (unpaired) electrons. The van der Waals surface area contributed by atoms with Crippen molar-refractivity contribution in [2.45, 2.75) is 59.0 Å². The lowest BCUT2D eigenvalue weighted by atomic mass is 9.91. The van der Waals surface area contributed by atoms with E-state index in [-0.39, 0.29) is 23.8 Å².